The Morgan fingerprint density at radius 1 is 1.23 bits per heavy atom. The predicted octanol–water partition coefficient (Wildman–Crippen LogP) is 3.03. The number of halogens is 2. The summed E-state index contributed by atoms with van der Waals surface area (Å²) in [4.78, 5) is 3.82. The summed E-state index contributed by atoms with van der Waals surface area (Å²) in [6.07, 6.45) is 3.09. The maximum Gasteiger partial charge on any atom is 0.334 e. The van der Waals surface area contributed by atoms with E-state index in [-0.39, 0.29) is 11.7 Å². The van der Waals surface area contributed by atoms with Crippen molar-refractivity contribution in [2.75, 3.05) is 0 Å². The van der Waals surface area contributed by atoms with Crippen LogP contribution in [0.2, 0.25) is 0 Å². The summed E-state index contributed by atoms with van der Waals surface area (Å²) in [6.45, 7) is 8.98. The van der Waals surface area contributed by atoms with E-state index in [9.17, 15) is 13.9 Å². The second-order valence-electron chi connectivity index (χ2n) is 7.30. The highest BCUT2D eigenvalue weighted by atomic mass is 19.3. The van der Waals surface area contributed by atoms with Crippen LogP contribution in [0.1, 0.15) is 64.8 Å². The van der Waals surface area contributed by atoms with Crippen molar-refractivity contribution in [3.05, 3.63) is 42.0 Å². The summed E-state index contributed by atoms with van der Waals surface area (Å²) >= 11 is 0. The quantitative estimate of drug-likeness (QED) is 0.732. The van der Waals surface area contributed by atoms with Gasteiger partial charge in [-0.05, 0) is 51.2 Å². The van der Waals surface area contributed by atoms with Crippen LogP contribution in [0.5, 0.6) is 0 Å². The van der Waals surface area contributed by atoms with Crippen LogP contribution in [0, 0.1) is 0 Å². The molecule has 0 saturated heterocycles. The lowest BCUT2D eigenvalue weighted by molar-refractivity contribution is -0.0893. The fraction of sp³-hybridized carbons (Fsp3) is 0.556. The van der Waals surface area contributed by atoms with Crippen LogP contribution in [0.4, 0.5) is 8.78 Å². The monoisotopic (exact) mass is 364 g/mol. The SMILES string of the molecule is CCC(c1ccc(C(F)F)nc1)n1cc([B]OC(C)(C)C(C)(C)O)cn1. The van der Waals surface area contributed by atoms with E-state index in [2.05, 4.69) is 10.1 Å². The van der Waals surface area contributed by atoms with E-state index < -0.39 is 17.6 Å². The molecular formula is C18H25BF2N3O2. The van der Waals surface area contributed by atoms with E-state index in [0.29, 0.717) is 0 Å². The fourth-order valence-electron chi connectivity index (χ4n) is 2.26. The van der Waals surface area contributed by atoms with Crippen molar-refractivity contribution in [2.24, 2.45) is 0 Å². The van der Waals surface area contributed by atoms with E-state index in [0.717, 1.165) is 17.4 Å². The molecule has 8 heteroatoms. The molecule has 1 N–H and O–H groups in total. The third-order valence-electron chi connectivity index (χ3n) is 4.71. The minimum Gasteiger partial charge on any atom is -0.427 e. The van der Waals surface area contributed by atoms with Gasteiger partial charge in [0.1, 0.15) is 5.69 Å². The molecule has 0 aromatic carbocycles. The first-order valence-electron chi connectivity index (χ1n) is 8.56. The highest BCUT2D eigenvalue weighted by Crippen LogP contribution is 2.25. The third-order valence-corrected chi connectivity index (χ3v) is 4.71. The van der Waals surface area contributed by atoms with Gasteiger partial charge in [-0.3, -0.25) is 9.67 Å². The lowest BCUT2D eigenvalue weighted by atomic mass is 9.84. The van der Waals surface area contributed by atoms with Gasteiger partial charge in [0.2, 0.25) is 0 Å². The molecule has 2 aromatic rings. The second-order valence-corrected chi connectivity index (χ2v) is 7.30. The van der Waals surface area contributed by atoms with Crippen LogP contribution in [0.25, 0.3) is 0 Å². The van der Waals surface area contributed by atoms with Gasteiger partial charge in [-0.15, -0.1) is 0 Å². The van der Waals surface area contributed by atoms with Gasteiger partial charge < -0.3 is 9.76 Å². The molecular weight excluding hydrogens is 339 g/mol. The van der Waals surface area contributed by atoms with Gasteiger partial charge in [-0.1, -0.05) is 13.0 Å². The van der Waals surface area contributed by atoms with Gasteiger partial charge in [0.25, 0.3) is 6.43 Å². The number of aliphatic hydroxyl groups is 1. The Labute approximate surface area is 153 Å². The lowest BCUT2D eigenvalue weighted by Crippen LogP contribution is -2.49. The molecule has 0 amide bonds. The summed E-state index contributed by atoms with van der Waals surface area (Å²) < 4.78 is 32.8. The van der Waals surface area contributed by atoms with Crippen molar-refractivity contribution in [2.45, 2.75) is 64.7 Å². The van der Waals surface area contributed by atoms with E-state index in [1.54, 1.807) is 52.1 Å². The lowest BCUT2D eigenvalue weighted by Gasteiger charge is -2.37. The van der Waals surface area contributed by atoms with Crippen LogP contribution < -0.4 is 5.46 Å². The Balaban J connectivity index is 2.11. The molecule has 5 nitrogen and oxygen atoms in total. The molecule has 2 aromatic heterocycles. The van der Waals surface area contributed by atoms with Crippen molar-refractivity contribution < 1.29 is 18.5 Å². The zero-order valence-electron chi connectivity index (χ0n) is 15.8. The van der Waals surface area contributed by atoms with Crippen LogP contribution >= 0.6 is 0 Å². The van der Waals surface area contributed by atoms with Crippen LogP contribution in [0.15, 0.2) is 30.7 Å². The number of aromatic nitrogens is 3. The van der Waals surface area contributed by atoms with Crippen LogP contribution in [-0.2, 0) is 4.65 Å². The first kappa shape index (κ1) is 20.5. The molecule has 1 radical (unpaired) electrons. The average Bonchev–Trinajstić information content (AvgIpc) is 3.02. The van der Waals surface area contributed by atoms with Crippen molar-refractivity contribution in [1.29, 1.82) is 0 Å². The van der Waals surface area contributed by atoms with E-state index >= 15 is 0 Å². The standard InChI is InChI=1S/C18H25BF2N3O2/c1-6-15(12-7-8-14(16(20)21)22-9-12)24-11-13(10-23-24)19-26-18(4,5)17(2,3)25/h7-11,15-16,25H,6H2,1-5H3. The number of nitrogens with zero attached hydrogens (tertiary/aromatic N) is 3. The Bertz CT molecular complexity index is 712. The smallest absolute Gasteiger partial charge is 0.334 e. The molecule has 0 aliphatic heterocycles. The first-order valence-corrected chi connectivity index (χ1v) is 8.56. The number of hydrogen-bond donors (Lipinski definition) is 1. The average molecular weight is 364 g/mol. The number of hydrogen-bond acceptors (Lipinski definition) is 4. The maximum atomic E-state index is 12.7. The third kappa shape index (κ3) is 4.68. The summed E-state index contributed by atoms with van der Waals surface area (Å²) in [5.41, 5.74) is -0.458. The number of alkyl halides is 2. The molecule has 1 unspecified atom stereocenters. The molecule has 0 fully saturated rings. The molecule has 1 atom stereocenters. The molecule has 0 aliphatic carbocycles. The maximum absolute atomic E-state index is 12.7. The van der Waals surface area contributed by atoms with Gasteiger partial charge in [-0.25, -0.2) is 8.78 Å². The van der Waals surface area contributed by atoms with Crippen LogP contribution in [-0.4, -0.2) is 38.6 Å². The van der Waals surface area contributed by atoms with Gasteiger partial charge in [0.05, 0.1) is 17.2 Å². The second kappa shape index (κ2) is 7.84. The topological polar surface area (TPSA) is 60.2 Å². The minimum atomic E-state index is -2.58. The number of pyridine rings is 1. The molecule has 0 bridgehead atoms. The molecule has 0 aliphatic rings. The van der Waals surface area contributed by atoms with Crippen LogP contribution in [0.3, 0.4) is 0 Å². The van der Waals surface area contributed by atoms with E-state index in [1.807, 2.05) is 13.1 Å². The number of rotatable bonds is 8. The summed E-state index contributed by atoms with van der Waals surface area (Å²) in [5, 5.41) is 14.5. The Morgan fingerprint density at radius 3 is 2.42 bits per heavy atom. The Kier molecular flexibility index (Phi) is 6.19. The summed E-state index contributed by atoms with van der Waals surface area (Å²) in [5.74, 6) is 0. The molecule has 2 heterocycles. The minimum absolute atomic E-state index is 0.112. The Morgan fingerprint density at radius 2 is 1.92 bits per heavy atom. The van der Waals surface area contributed by atoms with Crippen molar-refractivity contribution in [3.8, 4) is 0 Å². The molecule has 0 saturated carbocycles. The van der Waals surface area contributed by atoms with E-state index in [4.69, 9.17) is 4.65 Å². The summed E-state index contributed by atoms with van der Waals surface area (Å²) in [6, 6.07) is 2.88. The van der Waals surface area contributed by atoms with Crippen molar-refractivity contribution in [3.63, 3.8) is 0 Å². The zero-order chi connectivity index (χ0) is 19.5. The van der Waals surface area contributed by atoms with Gasteiger partial charge in [0.15, 0.2) is 0 Å². The van der Waals surface area contributed by atoms with Gasteiger partial charge >= 0.3 is 7.48 Å². The first-order chi connectivity index (χ1) is 12.0. The van der Waals surface area contributed by atoms with Crippen molar-refractivity contribution >= 4 is 12.9 Å². The molecule has 141 valence electrons. The fourth-order valence-corrected chi connectivity index (χ4v) is 2.26. The largest absolute Gasteiger partial charge is 0.427 e. The molecule has 0 spiro atoms. The zero-order valence-corrected chi connectivity index (χ0v) is 15.8. The molecule has 2 rings (SSSR count). The van der Waals surface area contributed by atoms with Crippen molar-refractivity contribution in [1.82, 2.24) is 14.8 Å². The summed E-state index contributed by atoms with van der Waals surface area (Å²) in [7, 11) is 1.56. The highest BCUT2D eigenvalue weighted by Gasteiger charge is 2.35. The van der Waals surface area contributed by atoms with Gasteiger partial charge in [-0.2, -0.15) is 5.10 Å². The van der Waals surface area contributed by atoms with Gasteiger partial charge in [0, 0.05) is 18.6 Å². The predicted molar refractivity (Wildman–Crippen MR) is 96.7 cm³/mol. The normalized spacial score (nSPS) is 13.9. The van der Waals surface area contributed by atoms with E-state index in [1.165, 1.54) is 12.3 Å². The highest BCUT2D eigenvalue weighted by molar-refractivity contribution is 6.46. The molecule has 26 heavy (non-hydrogen) atoms. The Hall–Kier alpha value is -1.80.